The summed E-state index contributed by atoms with van der Waals surface area (Å²) >= 11 is 0. The Hall–Kier alpha value is -0.130. The van der Waals surface area contributed by atoms with Gasteiger partial charge in [0.2, 0.25) is 0 Å². The molecule has 0 heterocycles. The van der Waals surface area contributed by atoms with E-state index in [4.69, 9.17) is 4.55 Å². The minimum absolute atomic E-state index is 0.174. The molecule has 0 aliphatic rings. The summed E-state index contributed by atoms with van der Waals surface area (Å²) in [4.78, 5) is 0. The Balaban J connectivity index is 3.53. The van der Waals surface area contributed by atoms with Crippen LogP contribution in [0.2, 0.25) is 0 Å². The van der Waals surface area contributed by atoms with E-state index in [0.29, 0.717) is 0 Å². The quantitative estimate of drug-likeness (QED) is 0.592. The second-order valence-electron chi connectivity index (χ2n) is 1.92. The van der Waals surface area contributed by atoms with Crippen LogP contribution in [0.1, 0.15) is 13.8 Å². The number of hydrogen-bond donors (Lipinski definition) is 1. The molecule has 0 spiro atoms. The van der Waals surface area contributed by atoms with E-state index in [2.05, 4.69) is 4.74 Å². The maximum absolute atomic E-state index is 9.97. The molecule has 0 amide bonds. The molecule has 9 heavy (non-hydrogen) atoms. The minimum Gasteiger partial charge on any atom is -0.360 e. The summed E-state index contributed by atoms with van der Waals surface area (Å²) in [6, 6.07) is 0. The average Bonchev–Trinajstić information content (AvgIpc) is 1.59. The minimum atomic E-state index is -3.94. The third-order valence-corrected chi connectivity index (χ3v) is 0.984. The molecule has 5 heteroatoms. The first kappa shape index (κ1) is 8.87. The molecular formula is C4H10O4S. The molecule has 0 aliphatic carbocycles. The van der Waals surface area contributed by atoms with E-state index in [0.717, 1.165) is 0 Å². The van der Waals surface area contributed by atoms with Crippen LogP contribution in [0.15, 0.2) is 0 Å². The second kappa shape index (κ2) is 3.14. The number of ether oxygens (including phenoxy) is 1. The van der Waals surface area contributed by atoms with Crippen molar-refractivity contribution in [1.29, 1.82) is 0 Å². The van der Waals surface area contributed by atoms with Crippen LogP contribution in [0.4, 0.5) is 0 Å². The summed E-state index contributed by atoms with van der Waals surface area (Å²) in [6.07, 6.45) is -0.174. The van der Waals surface area contributed by atoms with Gasteiger partial charge in [-0.15, -0.1) is 0 Å². The van der Waals surface area contributed by atoms with Crippen LogP contribution in [0, 0.1) is 0 Å². The van der Waals surface area contributed by atoms with Crippen LogP contribution >= 0.6 is 0 Å². The molecule has 0 aromatic heterocycles. The summed E-state index contributed by atoms with van der Waals surface area (Å²) in [5, 5.41) is 0. The van der Waals surface area contributed by atoms with E-state index in [1.165, 1.54) is 0 Å². The van der Waals surface area contributed by atoms with Crippen molar-refractivity contribution >= 4 is 10.1 Å². The standard InChI is InChI=1S/C4H10O4S/c1-4(2)8-3-9(5,6)7/h4H,3H2,1-2H3,(H,5,6,7). The topological polar surface area (TPSA) is 63.6 Å². The Kier molecular flexibility index (Phi) is 3.10. The maximum Gasteiger partial charge on any atom is 0.289 e. The number of rotatable bonds is 3. The van der Waals surface area contributed by atoms with Gasteiger partial charge in [-0.1, -0.05) is 0 Å². The fraction of sp³-hybridized carbons (Fsp3) is 1.00. The second-order valence-corrected chi connectivity index (χ2v) is 3.31. The molecule has 0 aromatic carbocycles. The highest BCUT2D eigenvalue weighted by Gasteiger charge is 2.04. The normalized spacial score (nSPS) is 12.4. The lowest BCUT2D eigenvalue weighted by Crippen LogP contribution is -2.12. The molecule has 4 nitrogen and oxygen atoms in total. The van der Waals surface area contributed by atoms with Crippen LogP contribution in [0.25, 0.3) is 0 Å². The highest BCUT2D eigenvalue weighted by Crippen LogP contribution is 1.90. The molecule has 0 saturated carbocycles. The SMILES string of the molecule is CC(C)OCS(=O)(=O)O. The van der Waals surface area contributed by atoms with Crippen molar-refractivity contribution in [3.05, 3.63) is 0 Å². The monoisotopic (exact) mass is 154 g/mol. The Labute approximate surface area is 54.6 Å². The van der Waals surface area contributed by atoms with Crippen LogP contribution in [-0.2, 0) is 14.9 Å². The van der Waals surface area contributed by atoms with Crippen molar-refractivity contribution in [3.63, 3.8) is 0 Å². The zero-order chi connectivity index (χ0) is 7.49. The van der Waals surface area contributed by atoms with Gasteiger partial charge in [0.25, 0.3) is 10.1 Å². The predicted octanol–water partition coefficient (Wildman–Crippen LogP) is 0.257. The van der Waals surface area contributed by atoms with Gasteiger partial charge in [0.1, 0.15) is 0 Å². The molecule has 0 atom stereocenters. The van der Waals surface area contributed by atoms with Gasteiger partial charge in [0.05, 0.1) is 6.10 Å². The van der Waals surface area contributed by atoms with Crippen molar-refractivity contribution < 1.29 is 17.7 Å². The lowest BCUT2D eigenvalue weighted by atomic mass is 10.5. The highest BCUT2D eigenvalue weighted by molar-refractivity contribution is 7.85. The van der Waals surface area contributed by atoms with E-state index < -0.39 is 16.1 Å². The van der Waals surface area contributed by atoms with Crippen molar-refractivity contribution in [2.24, 2.45) is 0 Å². The maximum atomic E-state index is 9.97. The third kappa shape index (κ3) is 7.87. The summed E-state index contributed by atoms with van der Waals surface area (Å²) < 4.78 is 32.6. The van der Waals surface area contributed by atoms with Gasteiger partial charge >= 0.3 is 0 Å². The third-order valence-electron chi connectivity index (χ3n) is 0.550. The summed E-state index contributed by atoms with van der Waals surface area (Å²) in [5.41, 5.74) is 0. The smallest absolute Gasteiger partial charge is 0.289 e. The highest BCUT2D eigenvalue weighted by atomic mass is 32.2. The van der Waals surface area contributed by atoms with E-state index in [9.17, 15) is 8.42 Å². The largest absolute Gasteiger partial charge is 0.360 e. The molecule has 0 saturated heterocycles. The van der Waals surface area contributed by atoms with Gasteiger partial charge in [0, 0.05) is 0 Å². The van der Waals surface area contributed by atoms with Crippen LogP contribution < -0.4 is 0 Å². The van der Waals surface area contributed by atoms with Gasteiger partial charge in [0.15, 0.2) is 5.94 Å². The lowest BCUT2D eigenvalue weighted by molar-refractivity contribution is 0.111. The Morgan fingerprint density at radius 2 is 2.00 bits per heavy atom. The zero-order valence-corrected chi connectivity index (χ0v) is 6.18. The van der Waals surface area contributed by atoms with Crippen LogP contribution in [-0.4, -0.2) is 25.0 Å². The first-order chi connectivity index (χ1) is 3.92. The predicted molar refractivity (Wildman–Crippen MR) is 32.6 cm³/mol. The first-order valence-corrected chi connectivity index (χ1v) is 4.09. The molecule has 1 N–H and O–H groups in total. The van der Waals surface area contributed by atoms with Gasteiger partial charge in [-0.2, -0.15) is 8.42 Å². The van der Waals surface area contributed by atoms with Crippen LogP contribution in [0.5, 0.6) is 0 Å². The molecule has 0 rings (SSSR count). The van der Waals surface area contributed by atoms with E-state index in [1.807, 2.05) is 0 Å². The molecule has 0 unspecified atom stereocenters. The Morgan fingerprint density at radius 1 is 1.56 bits per heavy atom. The van der Waals surface area contributed by atoms with Gasteiger partial charge in [-0.25, -0.2) is 0 Å². The van der Waals surface area contributed by atoms with E-state index in [-0.39, 0.29) is 6.10 Å². The molecule has 0 fully saturated rings. The lowest BCUT2D eigenvalue weighted by Gasteiger charge is -2.03. The Morgan fingerprint density at radius 3 is 2.11 bits per heavy atom. The van der Waals surface area contributed by atoms with Crippen molar-refractivity contribution in [2.75, 3.05) is 5.94 Å². The van der Waals surface area contributed by atoms with Gasteiger partial charge in [-0.05, 0) is 13.8 Å². The molecule has 0 radical (unpaired) electrons. The zero-order valence-electron chi connectivity index (χ0n) is 5.36. The number of hydrogen-bond acceptors (Lipinski definition) is 3. The summed E-state index contributed by atoms with van der Waals surface area (Å²) in [7, 11) is -3.94. The molecule has 0 aliphatic heterocycles. The van der Waals surface area contributed by atoms with Crippen molar-refractivity contribution in [3.8, 4) is 0 Å². The van der Waals surface area contributed by atoms with Crippen LogP contribution in [0.3, 0.4) is 0 Å². The van der Waals surface area contributed by atoms with Gasteiger partial charge in [-0.3, -0.25) is 4.55 Å². The summed E-state index contributed by atoms with van der Waals surface area (Å²) in [5.74, 6) is -0.620. The van der Waals surface area contributed by atoms with E-state index in [1.54, 1.807) is 13.8 Å². The fourth-order valence-electron chi connectivity index (χ4n) is 0.222. The summed E-state index contributed by atoms with van der Waals surface area (Å²) in [6.45, 7) is 3.37. The Bertz CT molecular complexity index is 157. The molecule has 0 bridgehead atoms. The van der Waals surface area contributed by atoms with Crippen molar-refractivity contribution in [2.45, 2.75) is 20.0 Å². The molecule has 56 valence electrons. The molecular weight excluding hydrogens is 144 g/mol. The molecule has 0 aromatic rings. The first-order valence-electron chi connectivity index (χ1n) is 2.48. The van der Waals surface area contributed by atoms with E-state index >= 15 is 0 Å². The average molecular weight is 154 g/mol. The van der Waals surface area contributed by atoms with Crippen molar-refractivity contribution in [1.82, 2.24) is 0 Å². The van der Waals surface area contributed by atoms with Gasteiger partial charge < -0.3 is 4.74 Å². The fourth-order valence-corrected chi connectivity index (χ4v) is 0.666.